The summed E-state index contributed by atoms with van der Waals surface area (Å²) in [4.78, 5) is 19.4. The number of nitrogens with zero attached hydrogens (tertiary/aromatic N) is 1. The molecule has 3 rings (SSSR count). The number of halogens is 1. The number of carbonyl (C=O) groups is 1. The van der Waals surface area contributed by atoms with E-state index >= 15 is 0 Å². The first-order valence-corrected chi connectivity index (χ1v) is 7.23. The summed E-state index contributed by atoms with van der Waals surface area (Å²) in [6, 6.07) is 14.7. The minimum Gasteiger partial charge on any atom is -0.348 e. The normalized spacial score (nSPS) is 10.4. The van der Waals surface area contributed by atoms with Gasteiger partial charge in [-0.15, -0.1) is 0 Å². The van der Waals surface area contributed by atoms with E-state index in [2.05, 4.69) is 15.3 Å². The van der Waals surface area contributed by atoms with Crippen molar-refractivity contribution in [2.24, 2.45) is 0 Å². The number of hydrogen-bond acceptors (Lipinski definition) is 2. The number of nitrogens with one attached hydrogen (secondary N) is 2. The van der Waals surface area contributed by atoms with E-state index in [4.69, 9.17) is 11.6 Å². The Morgan fingerprint density at radius 3 is 2.59 bits per heavy atom. The molecule has 2 aromatic carbocycles. The molecule has 1 aromatic heterocycles. The molecule has 0 bridgehead atoms. The molecule has 0 aliphatic heterocycles. The first-order chi connectivity index (χ1) is 10.7. The average Bonchev–Trinajstić information content (AvgIpc) is 3.08. The molecule has 0 radical (unpaired) electrons. The molecule has 0 aliphatic carbocycles. The maximum Gasteiger partial charge on any atom is 0.251 e. The fourth-order valence-electron chi connectivity index (χ4n) is 2.12. The van der Waals surface area contributed by atoms with Crippen molar-refractivity contribution in [2.75, 3.05) is 0 Å². The summed E-state index contributed by atoms with van der Waals surface area (Å²) in [5.74, 6) is 0.647. The number of H-pyrrole nitrogens is 1. The second-order valence-electron chi connectivity index (χ2n) is 4.79. The molecule has 0 aliphatic rings. The van der Waals surface area contributed by atoms with Crippen LogP contribution in [-0.4, -0.2) is 15.9 Å². The molecule has 0 saturated carbocycles. The van der Waals surface area contributed by atoms with Crippen LogP contribution >= 0.6 is 11.6 Å². The van der Waals surface area contributed by atoms with Gasteiger partial charge in [0.15, 0.2) is 0 Å². The van der Waals surface area contributed by atoms with Crippen LogP contribution in [0.5, 0.6) is 0 Å². The van der Waals surface area contributed by atoms with E-state index in [0.29, 0.717) is 17.1 Å². The Balaban J connectivity index is 1.67. The number of amides is 1. The predicted molar refractivity (Wildman–Crippen MR) is 86.6 cm³/mol. The zero-order chi connectivity index (χ0) is 15.4. The van der Waals surface area contributed by atoms with E-state index in [1.807, 2.05) is 30.3 Å². The Morgan fingerprint density at radius 1 is 1.14 bits per heavy atom. The van der Waals surface area contributed by atoms with Crippen molar-refractivity contribution in [1.82, 2.24) is 15.3 Å². The van der Waals surface area contributed by atoms with Gasteiger partial charge in [0.05, 0.1) is 0 Å². The van der Waals surface area contributed by atoms with E-state index in [1.54, 1.807) is 30.6 Å². The first kappa shape index (κ1) is 14.4. The number of hydrogen-bond donors (Lipinski definition) is 2. The predicted octanol–water partition coefficient (Wildman–Crippen LogP) is 3.66. The Kier molecular flexibility index (Phi) is 4.21. The monoisotopic (exact) mass is 311 g/mol. The molecule has 0 unspecified atom stereocenters. The molecule has 110 valence electrons. The lowest BCUT2D eigenvalue weighted by molar-refractivity contribution is 0.0951. The topological polar surface area (TPSA) is 57.8 Å². The summed E-state index contributed by atoms with van der Waals surface area (Å²) >= 11 is 6.07. The van der Waals surface area contributed by atoms with Gasteiger partial charge in [0, 0.05) is 35.1 Å². The standard InChI is InChI=1S/C17H14ClN3O/c18-15-4-2-1-3-14(15)11-21-17(22)13-7-5-12(6-8-13)16-19-9-10-20-16/h1-10H,11H2,(H,19,20)(H,21,22). The largest absolute Gasteiger partial charge is 0.348 e. The van der Waals surface area contributed by atoms with E-state index in [9.17, 15) is 4.79 Å². The molecule has 2 N–H and O–H groups in total. The third-order valence-electron chi connectivity index (χ3n) is 3.32. The lowest BCUT2D eigenvalue weighted by atomic mass is 10.1. The number of imidazole rings is 1. The van der Waals surface area contributed by atoms with Gasteiger partial charge in [0.2, 0.25) is 0 Å². The summed E-state index contributed by atoms with van der Waals surface area (Å²) in [5.41, 5.74) is 2.43. The highest BCUT2D eigenvalue weighted by Crippen LogP contribution is 2.16. The van der Waals surface area contributed by atoms with Crippen molar-refractivity contribution in [2.45, 2.75) is 6.54 Å². The highest BCUT2D eigenvalue weighted by molar-refractivity contribution is 6.31. The maximum absolute atomic E-state index is 12.1. The van der Waals surface area contributed by atoms with Crippen LogP contribution in [0.3, 0.4) is 0 Å². The molecule has 22 heavy (non-hydrogen) atoms. The van der Waals surface area contributed by atoms with Crippen LogP contribution in [0.1, 0.15) is 15.9 Å². The van der Waals surface area contributed by atoms with Crippen LogP contribution in [0.2, 0.25) is 5.02 Å². The minimum atomic E-state index is -0.133. The second kappa shape index (κ2) is 6.45. The lowest BCUT2D eigenvalue weighted by Gasteiger charge is -2.07. The van der Waals surface area contributed by atoms with Gasteiger partial charge in [0.25, 0.3) is 5.91 Å². The molecule has 0 atom stereocenters. The summed E-state index contributed by atoms with van der Waals surface area (Å²) in [6.45, 7) is 0.401. The van der Waals surface area contributed by atoms with Crippen LogP contribution in [0.25, 0.3) is 11.4 Å². The van der Waals surface area contributed by atoms with E-state index in [1.165, 1.54) is 0 Å². The SMILES string of the molecule is O=C(NCc1ccccc1Cl)c1ccc(-c2ncc[nH]2)cc1. The number of aromatic nitrogens is 2. The quantitative estimate of drug-likeness (QED) is 0.772. The van der Waals surface area contributed by atoms with Crippen LogP contribution in [0.15, 0.2) is 60.9 Å². The third kappa shape index (κ3) is 3.18. The van der Waals surface area contributed by atoms with Crippen molar-refractivity contribution in [3.8, 4) is 11.4 Å². The fraction of sp³-hybridized carbons (Fsp3) is 0.0588. The zero-order valence-corrected chi connectivity index (χ0v) is 12.5. The fourth-order valence-corrected chi connectivity index (χ4v) is 2.32. The minimum absolute atomic E-state index is 0.133. The molecule has 0 fully saturated rings. The molecule has 1 heterocycles. The van der Waals surface area contributed by atoms with Gasteiger partial charge < -0.3 is 10.3 Å². The zero-order valence-electron chi connectivity index (χ0n) is 11.7. The number of aromatic amines is 1. The summed E-state index contributed by atoms with van der Waals surface area (Å²) < 4.78 is 0. The van der Waals surface area contributed by atoms with Gasteiger partial charge in [-0.1, -0.05) is 41.9 Å². The van der Waals surface area contributed by atoms with Gasteiger partial charge >= 0.3 is 0 Å². The van der Waals surface area contributed by atoms with Crippen molar-refractivity contribution in [1.29, 1.82) is 0 Å². The summed E-state index contributed by atoms with van der Waals surface area (Å²) in [5, 5.41) is 3.51. The number of rotatable bonds is 4. The highest BCUT2D eigenvalue weighted by atomic mass is 35.5. The smallest absolute Gasteiger partial charge is 0.251 e. The van der Waals surface area contributed by atoms with Gasteiger partial charge in [-0.25, -0.2) is 4.98 Å². The van der Waals surface area contributed by atoms with Crippen molar-refractivity contribution in [3.63, 3.8) is 0 Å². The Bertz CT molecular complexity index is 767. The van der Waals surface area contributed by atoms with Gasteiger partial charge in [0.1, 0.15) is 5.82 Å². The van der Waals surface area contributed by atoms with Crippen LogP contribution in [-0.2, 0) is 6.54 Å². The summed E-state index contributed by atoms with van der Waals surface area (Å²) in [6.07, 6.45) is 3.46. The van der Waals surface area contributed by atoms with E-state index in [0.717, 1.165) is 17.0 Å². The molecule has 0 saturated heterocycles. The lowest BCUT2D eigenvalue weighted by Crippen LogP contribution is -2.22. The number of carbonyl (C=O) groups excluding carboxylic acids is 1. The van der Waals surface area contributed by atoms with Crippen LogP contribution in [0, 0.1) is 0 Å². The van der Waals surface area contributed by atoms with Crippen molar-refractivity contribution < 1.29 is 4.79 Å². The molecule has 4 nitrogen and oxygen atoms in total. The van der Waals surface area contributed by atoms with Crippen LogP contribution in [0.4, 0.5) is 0 Å². The van der Waals surface area contributed by atoms with E-state index in [-0.39, 0.29) is 5.91 Å². The third-order valence-corrected chi connectivity index (χ3v) is 3.68. The Morgan fingerprint density at radius 2 is 1.91 bits per heavy atom. The molecule has 0 spiro atoms. The van der Waals surface area contributed by atoms with Gasteiger partial charge in [-0.3, -0.25) is 4.79 Å². The highest BCUT2D eigenvalue weighted by Gasteiger charge is 2.07. The van der Waals surface area contributed by atoms with Crippen LogP contribution < -0.4 is 5.32 Å². The van der Waals surface area contributed by atoms with Crippen molar-refractivity contribution >= 4 is 17.5 Å². The van der Waals surface area contributed by atoms with Gasteiger partial charge in [-0.2, -0.15) is 0 Å². The molecular formula is C17H14ClN3O. The molecule has 5 heteroatoms. The Labute approximate surface area is 133 Å². The van der Waals surface area contributed by atoms with E-state index < -0.39 is 0 Å². The number of benzene rings is 2. The Hall–Kier alpha value is -2.59. The first-order valence-electron chi connectivity index (χ1n) is 6.85. The summed E-state index contributed by atoms with van der Waals surface area (Å²) in [7, 11) is 0. The van der Waals surface area contributed by atoms with Crippen molar-refractivity contribution in [3.05, 3.63) is 77.1 Å². The average molecular weight is 312 g/mol. The molecule has 3 aromatic rings. The maximum atomic E-state index is 12.1. The van der Waals surface area contributed by atoms with Gasteiger partial charge in [-0.05, 0) is 23.8 Å². The molecule has 1 amide bonds. The molecular weight excluding hydrogens is 298 g/mol. The second-order valence-corrected chi connectivity index (χ2v) is 5.20.